The average molecular weight is 232 g/mol. The van der Waals surface area contributed by atoms with Crippen LogP contribution in [0.2, 0.25) is 0 Å². The monoisotopic (exact) mass is 232 g/mol. The maximum atomic E-state index is 11.0. The molecule has 0 aromatic heterocycles. The second-order valence-electron chi connectivity index (χ2n) is 4.49. The summed E-state index contributed by atoms with van der Waals surface area (Å²) >= 11 is 0. The molecule has 3 unspecified atom stereocenters. The van der Waals surface area contributed by atoms with Crippen LogP contribution < -0.4 is 5.32 Å². The molecule has 3 atom stereocenters. The van der Waals surface area contributed by atoms with E-state index < -0.39 is 10.8 Å². The van der Waals surface area contributed by atoms with Crippen LogP contribution in [-0.2, 0) is 10.8 Å². The number of rotatable bonds is 5. The maximum absolute atomic E-state index is 11.0. The van der Waals surface area contributed by atoms with E-state index in [4.69, 9.17) is 0 Å². The summed E-state index contributed by atoms with van der Waals surface area (Å²) in [6.07, 6.45) is 4.04. The molecule has 1 fully saturated rings. The van der Waals surface area contributed by atoms with Gasteiger partial charge in [0.25, 0.3) is 0 Å². The lowest BCUT2D eigenvalue weighted by Crippen LogP contribution is -2.55. The van der Waals surface area contributed by atoms with E-state index in [9.17, 15) is 4.21 Å². The van der Waals surface area contributed by atoms with Crippen LogP contribution in [0.5, 0.6) is 0 Å². The Hall–Kier alpha value is 0.0700. The smallest absolute Gasteiger partial charge is 0.0244 e. The van der Waals surface area contributed by atoms with Crippen molar-refractivity contribution in [2.45, 2.75) is 38.8 Å². The third-order valence-corrected chi connectivity index (χ3v) is 4.01. The zero-order valence-electron chi connectivity index (χ0n) is 10.2. The lowest BCUT2D eigenvalue weighted by Gasteiger charge is -2.38. The molecule has 1 N–H and O–H groups in total. The topological polar surface area (TPSA) is 32.3 Å². The molecule has 1 aliphatic rings. The molecule has 15 heavy (non-hydrogen) atoms. The second kappa shape index (κ2) is 6.61. The van der Waals surface area contributed by atoms with Gasteiger partial charge < -0.3 is 5.32 Å². The van der Waals surface area contributed by atoms with Gasteiger partial charge >= 0.3 is 0 Å². The predicted molar refractivity (Wildman–Crippen MR) is 66.7 cm³/mol. The van der Waals surface area contributed by atoms with Gasteiger partial charge in [-0.05, 0) is 26.3 Å². The molecule has 0 aromatic carbocycles. The number of hydrogen-bond acceptors (Lipinski definition) is 3. The van der Waals surface area contributed by atoms with Crippen LogP contribution >= 0.6 is 0 Å². The average Bonchev–Trinajstić information content (AvgIpc) is 2.20. The molecular weight excluding hydrogens is 208 g/mol. The number of hydrogen-bond donors (Lipinski definition) is 1. The Balaban J connectivity index is 2.28. The van der Waals surface area contributed by atoms with Gasteiger partial charge in [-0.1, -0.05) is 6.92 Å². The van der Waals surface area contributed by atoms with E-state index in [0.717, 1.165) is 31.8 Å². The minimum Gasteiger partial charge on any atom is -0.311 e. The SMILES string of the molecule is CCC1CN(CCCS(C)=O)C(C)CN1. The highest BCUT2D eigenvalue weighted by molar-refractivity contribution is 7.84. The summed E-state index contributed by atoms with van der Waals surface area (Å²) in [5, 5.41) is 3.55. The summed E-state index contributed by atoms with van der Waals surface area (Å²) < 4.78 is 11.0. The zero-order valence-corrected chi connectivity index (χ0v) is 11.0. The number of piperazine rings is 1. The van der Waals surface area contributed by atoms with Gasteiger partial charge in [0, 0.05) is 48.0 Å². The molecule has 1 saturated heterocycles. The van der Waals surface area contributed by atoms with E-state index in [1.165, 1.54) is 6.42 Å². The van der Waals surface area contributed by atoms with Crippen molar-refractivity contribution in [3.63, 3.8) is 0 Å². The first-order valence-corrected chi connectivity index (χ1v) is 7.63. The zero-order chi connectivity index (χ0) is 11.3. The third-order valence-electron chi connectivity index (χ3n) is 3.15. The van der Waals surface area contributed by atoms with E-state index in [2.05, 4.69) is 24.1 Å². The van der Waals surface area contributed by atoms with E-state index >= 15 is 0 Å². The molecule has 0 amide bonds. The summed E-state index contributed by atoms with van der Waals surface area (Å²) in [7, 11) is -0.634. The lowest BCUT2D eigenvalue weighted by atomic mass is 10.1. The molecule has 3 nitrogen and oxygen atoms in total. The van der Waals surface area contributed by atoms with Crippen LogP contribution in [0, 0.1) is 0 Å². The third kappa shape index (κ3) is 4.62. The first kappa shape index (κ1) is 13.1. The Morgan fingerprint density at radius 2 is 2.27 bits per heavy atom. The van der Waals surface area contributed by atoms with Crippen molar-refractivity contribution in [2.75, 3.05) is 31.6 Å². The molecule has 0 saturated carbocycles. The summed E-state index contributed by atoms with van der Waals surface area (Å²) in [6, 6.07) is 1.27. The molecule has 0 aliphatic carbocycles. The molecule has 0 bridgehead atoms. The Morgan fingerprint density at radius 3 is 2.87 bits per heavy atom. The fourth-order valence-corrected chi connectivity index (χ4v) is 2.59. The van der Waals surface area contributed by atoms with Gasteiger partial charge in [0.05, 0.1) is 0 Å². The highest BCUT2D eigenvalue weighted by Crippen LogP contribution is 2.09. The van der Waals surface area contributed by atoms with Gasteiger partial charge in [-0.2, -0.15) is 0 Å². The van der Waals surface area contributed by atoms with Crippen molar-refractivity contribution in [1.29, 1.82) is 0 Å². The van der Waals surface area contributed by atoms with Crippen LogP contribution in [0.25, 0.3) is 0 Å². The van der Waals surface area contributed by atoms with Gasteiger partial charge in [0.2, 0.25) is 0 Å². The van der Waals surface area contributed by atoms with Crippen LogP contribution in [0.4, 0.5) is 0 Å². The molecule has 0 aromatic rings. The molecule has 1 aliphatic heterocycles. The molecule has 90 valence electrons. The van der Waals surface area contributed by atoms with Gasteiger partial charge in [0.15, 0.2) is 0 Å². The summed E-state index contributed by atoms with van der Waals surface area (Å²) in [5.74, 6) is 0.841. The highest BCUT2D eigenvalue weighted by atomic mass is 32.2. The molecular formula is C11H24N2OS. The quantitative estimate of drug-likeness (QED) is 0.762. The van der Waals surface area contributed by atoms with Crippen molar-refractivity contribution in [1.82, 2.24) is 10.2 Å². The summed E-state index contributed by atoms with van der Waals surface area (Å²) in [6.45, 7) is 7.83. The predicted octanol–water partition coefficient (Wildman–Crippen LogP) is 0.827. The molecule has 1 rings (SSSR count). The van der Waals surface area contributed by atoms with E-state index in [0.29, 0.717) is 12.1 Å². The van der Waals surface area contributed by atoms with E-state index in [-0.39, 0.29) is 0 Å². The molecule has 0 radical (unpaired) electrons. The second-order valence-corrected chi connectivity index (χ2v) is 6.04. The first-order chi connectivity index (χ1) is 7.13. The van der Waals surface area contributed by atoms with Crippen molar-refractivity contribution < 1.29 is 4.21 Å². The van der Waals surface area contributed by atoms with Gasteiger partial charge in [0.1, 0.15) is 0 Å². The first-order valence-electron chi connectivity index (χ1n) is 5.91. The molecule has 0 spiro atoms. The fraction of sp³-hybridized carbons (Fsp3) is 1.00. The normalized spacial score (nSPS) is 30.3. The van der Waals surface area contributed by atoms with Gasteiger partial charge in [-0.15, -0.1) is 0 Å². The van der Waals surface area contributed by atoms with Crippen molar-refractivity contribution >= 4 is 10.8 Å². The van der Waals surface area contributed by atoms with Crippen LogP contribution in [0.1, 0.15) is 26.7 Å². The van der Waals surface area contributed by atoms with Gasteiger partial charge in [-0.25, -0.2) is 0 Å². The molecule has 4 heteroatoms. The molecule has 1 heterocycles. The minimum absolute atomic E-state index is 0.623. The summed E-state index contributed by atoms with van der Waals surface area (Å²) in [5.41, 5.74) is 0. The Kier molecular flexibility index (Phi) is 5.79. The van der Waals surface area contributed by atoms with Crippen LogP contribution in [-0.4, -0.2) is 52.8 Å². The number of nitrogens with one attached hydrogen (secondary N) is 1. The Morgan fingerprint density at radius 1 is 1.53 bits per heavy atom. The summed E-state index contributed by atoms with van der Waals surface area (Å²) in [4.78, 5) is 2.53. The van der Waals surface area contributed by atoms with Crippen LogP contribution in [0.15, 0.2) is 0 Å². The van der Waals surface area contributed by atoms with Crippen LogP contribution in [0.3, 0.4) is 0 Å². The maximum Gasteiger partial charge on any atom is 0.0244 e. The van der Waals surface area contributed by atoms with E-state index in [1.54, 1.807) is 6.26 Å². The Bertz CT molecular complexity index is 211. The number of nitrogens with zero attached hydrogens (tertiary/aromatic N) is 1. The standard InChI is InChI=1S/C11H24N2OS/c1-4-11-9-13(10(2)8-12-11)6-5-7-15(3)14/h10-12H,4-9H2,1-3H3. The highest BCUT2D eigenvalue weighted by Gasteiger charge is 2.22. The Labute approximate surface area is 96.1 Å². The fourth-order valence-electron chi connectivity index (χ4n) is 2.05. The van der Waals surface area contributed by atoms with Crippen molar-refractivity contribution in [3.05, 3.63) is 0 Å². The largest absolute Gasteiger partial charge is 0.311 e. The van der Waals surface area contributed by atoms with Crippen molar-refractivity contribution in [2.24, 2.45) is 0 Å². The minimum atomic E-state index is -0.634. The van der Waals surface area contributed by atoms with E-state index in [1.807, 2.05) is 0 Å². The van der Waals surface area contributed by atoms with Crippen molar-refractivity contribution in [3.8, 4) is 0 Å². The lowest BCUT2D eigenvalue weighted by molar-refractivity contribution is 0.140. The van der Waals surface area contributed by atoms with Gasteiger partial charge in [-0.3, -0.25) is 9.11 Å².